The summed E-state index contributed by atoms with van der Waals surface area (Å²) in [6.45, 7) is 17.8. The lowest BCUT2D eigenvalue weighted by Crippen LogP contribution is -2.22. The summed E-state index contributed by atoms with van der Waals surface area (Å²) < 4.78 is 0. The van der Waals surface area contributed by atoms with Crippen LogP contribution in [0.15, 0.2) is 23.3 Å². The molecule has 0 heterocycles. The van der Waals surface area contributed by atoms with Gasteiger partial charge in [-0.2, -0.15) is 0 Å². The number of carboxylic acids is 1. The number of allylic oxidation sites excluding steroid dienone is 4. The predicted octanol–water partition coefficient (Wildman–Crippen LogP) is 7.01. The van der Waals surface area contributed by atoms with E-state index in [1.54, 1.807) is 0 Å². The lowest BCUT2D eigenvalue weighted by atomic mass is 9.73. The van der Waals surface area contributed by atoms with Gasteiger partial charge in [-0.15, -0.1) is 0 Å². The van der Waals surface area contributed by atoms with Gasteiger partial charge in [-0.1, -0.05) is 78.2 Å². The summed E-state index contributed by atoms with van der Waals surface area (Å²) in [6.07, 6.45) is 10.5. The molecule has 0 aromatic carbocycles. The maximum Gasteiger partial charge on any atom is 0.306 e. The first-order valence-electron chi connectivity index (χ1n) is 9.55. The van der Waals surface area contributed by atoms with Gasteiger partial charge in [-0.3, -0.25) is 4.79 Å². The number of hydrogen-bond acceptors (Lipinski definition) is 1. The molecule has 0 aromatic heterocycles. The molecular weight excluding hydrogens is 296 g/mol. The summed E-state index contributed by atoms with van der Waals surface area (Å²) in [5.41, 5.74) is 3.32. The fraction of sp³-hybridized carbons (Fsp3) is 0.773. The molecule has 24 heavy (non-hydrogen) atoms. The highest BCUT2D eigenvalue weighted by molar-refractivity contribution is 5.70. The third-order valence-electron chi connectivity index (χ3n) is 5.03. The fourth-order valence-corrected chi connectivity index (χ4v) is 2.79. The Labute approximate surface area is 150 Å². The van der Waals surface area contributed by atoms with E-state index in [2.05, 4.69) is 67.5 Å². The average molecular weight is 337 g/mol. The molecular formula is C22H40O2. The van der Waals surface area contributed by atoms with Crippen molar-refractivity contribution in [1.82, 2.24) is 0 Å². The molecule has 0 radical (unpaired) electrons. The second kappa shape index (κ2) is 10.1. The molecule has 0 aliphatic heterocycles. The molecule has 1 atom stereocenters. The van der Waals surface area contributed by atoms with Crippen molar-refractivity contribution in [2.45, 2.75) is 93.9 Å². The summed E-state index contributed by atoms with van der Waals surface area (Å²) >= 11 is 0. The first-order valence-corrected chi connectivity index (χ1v) is 9.55. The summed E-state index contributed by atoms with van der Waals surface area (Å²) in [5, 5.41) is 9.07. The molecule has 0 bridgehead atoms. The average Bonchev–Trinajstić information content (AvgIpc) is 2.47. The second-order valence-electron chi connectivity index (χ2n) is 8.81. The molecule has 0 amide bonds. The predicted molar refractivity (Wildman–Crippen MR) is 105 cm³/mol. The van der Waals surface area contributed by atoms with Gasteiger partial charge in [-0.25, -0.2) is 0 Å². The van der Waals surface area contributed by atoms with E-state index in [4.69, 9.17) is 5.11 Å². The molecule has 0 saturated carbocycles. The summed E-state index contributed by atoms with van der Waals surface area (Å²) in [5.74, 6) is -0.820. The third kappa shape index (κ3) is 8.17. The zero-order valence-corrected chi connectivity index (χ0v) is 17.3. The molecule has 2 heteroatoms. The van der Waals surface area contributed by atoms with Crippen molar-refractivity contribution in [3.63, 3.8) is 0 Å². The highest BCUT2D eigenvalue weighted by atomic mass is 16.4. The van der Waals surface area contributed by atoms with Crippen LogP contribution in [0.2, 0.25) is 0 Å². The van der Waals surface area contributed by atoms with E-state index in [1.807, 2.05) is 0 Å². The van der Waals surface area contributed by atoms with Crippen molar-refractivity contribution in [3.05, 3.63) is 23.3 Å². The van der Waals surface area contributed by atoms with Gasteiger partial charge in [0.1, 0.15) is 0 Å². The van der Waals surface area contributed by atoms with Crippen molar-refractivity contribution in [2.75, 3.05) is 0 Å². The van der Waals surface area contributed by atoms with Crippen LogP contribution in [-0.2, 0) is 4.79 Å². The second-order valence-corrected chi connectivity index (χ2v) is 8.81. The molecule has 1 aliphatic rings. The normalized spacial score (nSPS) is 19.2. The summed E-state index contributed by atoms with van der Waals surface area (Å²) in [7, 11) is 0. The quantitative estimate of drug-likeness (QED) is 0.548. The van der Waals surface area contributed by atoms with E-state index >= 15 is 0 Å². The van der Waals surface area contributed by atoms with E-state index in [-0.39, 0.29) is 16.7 Å². The van der Waals surface area contributed by atoms with E-state index < -0.39 is 5.97 Å². The third-order valence-corrected chi connectivity index (χ3v) is 5.03. The number of rotatable bonds is 5. The van der Waals surface area contributed by atoms with Crippen LogP contribution in [0.1, 0.15) is 93.9 Å². The van der Waals surface area contributed by atoms with Gasteiger partial charge in [0.2, 0.25) is 0 Å². The molecule has 0 saturated heterocycles. The lowest BCUT2D eigenvalue weighted by Gasteiger charge is -2.32. The highest BCUT2D eigenvalue weighted by Crippen LogP contribution is 2.39. The lowest BCUT2D eigenvalue weighted by molar-refractivity contribution is -0.142. The molecule has 1 unspecified atom stereocenters. The number of carbonyl (C=O) groups is 1. The van der Waals surface area contributed by atoms with Crippen LogP contribution in [-0.4, -0.2) is 11.1 Å². The molecule has 1 aliphatic carbocycles. The van der Waals surface area contributed by atoms with E-state index in [0.717, 1.165) is 25.7 Å². The topological polar surface area (TPSA) is 37.3 Å². The van der Waals surface area contributed by atoms with Crippen LogP contribution in [0.4, 0.5) is 0 Å². The Morgan fingerprint density at radius 1 is 1.25 bits per heavy atom. The number of hydrogen-bond donors (Lipinski definition) is 1. The Morgan fingerprint density at radius 3 is 2.17 bits per heavy atom. The van der Waals surface area contributed by atoms with Gasteiger partial charge in [0.05, 0.1) is 5.92 Å². The Balaban J connectivity index is 0.00000163. The molecule has 0 aromatic rings. The minimum absolute atomic E-state index is 0.174. The Bertz CT molecular complexity index is 447. The molecule has 140 valence electrons. The molecule has 0 fully saturated rings. The monoisotopic (exact) mass is 336 g/mol. The maximum atomic E-state index is 11.0. The van der Waals surface area contributed by atoms with E-state index in [9.17, 15) is 4.79 Å². The smallest absolute Gasteiger partial charge is 0.306 e. The molecule has 2 nitrogen and oxygen atoms in total. The van der Waals surface area contributed by atoms with E-state index in [0.29, 0.717) is 6.42 Å². The zero-order chi connectivity index (χ0) is 19.0. The van der Waals surface area contributed by atoms with Crippen molar-refractivity contribution in [1.29, 1.82) is 0 Å². The molecule has 1 N–H and O–H groups in total. The van der Waals surface area contributed by atoms with Crippen LogP contribution < -0.4 is 0 Å². The molecule has 0 spiro atoms. The van der Waals surface area contributed by atoms with Crippen LogP contribution in [0.3, 0.4) is 0 Å². The van der Waals surface area contributed by atoms with Gasteiger partial charge < -0.3 is 5.11 Å². The van der Waals surface area contributed by atoms with Gasteiger partial charge >= 0.3 is 5.97 Å². The Hall–Kier alpha value is -1.05. The Kier molecular flexibility index (Phi) is 9.62. The van der Waals surface area contributed by atoms with Crippen molar-refractivity contribution >= 4 is 5.97 Å². The number of carboxylic acid groups (broad SMARTS) is 1. The van der Waals surface area contributed by atoms with Crippen molar-refractivity contribution in [3.8, 4) is 0 Å². The number of aliphatic carboxylic acids is 1. The SMILES string of the molecule is C/C(=C\CCC(C)(C)C1=CCC(C(=O)O)CC1)C(C)(C)C.CCC. The van der Waals surface area contributed by atoms with Crippen LogP contribution in [0, 0.1) is 16.7 Å². The van der Waals surface area contributed by atoms with Gasteiger partial charge in [0.25, 0.3) is 0 Å². The molecule has 1 rings (SSSR count). The van der Waals surface area contributed by atoms with Gasteiger partial charge in [0, 0.05) is 0 Å². The fourth-order valence-electron chi connectivity index (χ4n) is 2.79. The van der Waals surface area contributed by atoms with Crippen molar-refractivity contribution in [2.24, 2.45) is 16.7 Å². The van der Waals surface area contributed by atoms with Crippen LogP contribution in [0.5, 0.6) is 0 Å². The summed E-state index contributed by atoms with van der Waals surface area (Å²) in [4.78, 5) is 11.0. The zero-order valence-electron chi connectivity index (χ0n) is 17.3. The van der Waals surface area contributed by atoms with Gasteiger partial charge in [-0.05, 0) is 49.9 Å². The highest BCUT2D eigenvalue weighted by Gasteiger charge is 2.28. The minimum Gasteiger partial charge on any atom is -0.481 e. The van der Waals surface area contributed by atoms with Crippen LogP contribution >= 0.6 is 0 Å². The Morgan fingerprint density at radius 2 is 1.79 bits per heavy atom. The minimum atomic E-state index is -0.646. The first-order chi connectivity index (χ1) is 11.0. The van der Waals surface area contributed by atoms with Gasteiger partial charge in [0.15, 0.2) is 0 Å². The van der Waals surface area contributed by atoms with E-state index in [1.165, 1.54) is 17.6 Å². The maximum absolute atomic E-state index is 11.0. The largest absolute Gasteiger partial charge is 0.481 e. The summed E-state index contributed by atoms with van der Waals surface area (Å²) in [6, 6.07) is 0. The first kappa shape index (κ1) is 22.9. The van der Waals surface area contributed by atoms with Crippen LogP contribution in [0.25, 0.3) is 0 Å². The standard InChI is InChI=1S/C19H32O2.C3H8/c1-14(18(2,3)4)8-7-13-19(5,6)16-11-9-15(10-12-16)17(20)21;1-3-2/h8,11,15H,7,9-10,12-13H2,1-6H3,(H,20,21);3H2,1-2H3/b14-8+;. The van der Waals surface area contributed by atoms with Crippen molar-refractivity contribution < 1.29 is 9.90 Å².